The van der Waals surface area contributed by atoms with E-state index in [2.05, 4.69) is 6.58 Å². The van der Waals surface area contributed by atoms with E-state index in [9.17, 15) is 14.4 Å². The molecular weight excluding hydrogens is 292 g/mol. The molecular formula is C15H16O7. The smallest absolute Gasteiger partial charge is 0.342 e. The summed E-state index contributed by atoms with van der Waals surface area (Å²) in [5, 5.41) is 8.64. The van der Waals surface area contributed by atoms with Crippen LogP contribution in [0.2, 0.25) is 0 Å². The fraction of sp³-hybridized carbons (Fsp3) is 0.267. The molecule has 0 fully saturated rings. The number of hydrogen-bond donors (Lipinski definition) is 1. The molecule has 1 atom stereocenters. The first-order valence-corrected chi connectivity index (χ1v) is 6.40. The second-order valence-corrected chi connectivity index (χ2v) is 4.02. The lowest BCUT2D eigenvalue weighted by molar-refractivity contribution is -0.159. The highest BCUT2D eigenvalue weighted by atomic mass is 16.7. The predicted octanol–water partition coefficient (Wildman–Crippen LogP) is 1.07. The minimum Gasteiger partial charge on any atom is -0.460 e. The van der Waals surface area contributed by atoms with Gasteiger partial charge in [0.25, 0.3) is 0 Å². The molecule has 7 heteroatoms. The molecule has 0 spiro atoms. The van der Waals surface area contributed by atoms with Crippen LogP contribution >= 0.6 is 0 Å². The SMILES string of the molecule is C=CC(=O)OC(C)OC(=O)c1ccccc1C(=O)OCCO. The standard InChI is InChI=1S/C15H16O7/c1-3-13(17)21-10(2)22-15(19)12-7-5-4-6-11(12)14(18)20-9-8-16/h3-7,10,16H,1,8-9H2,2H3. The van der Waals surface area contributed by atoms with Gasteiger partial charge in [-0.05, 0) is 12.1 Å². The van der Waals surface area contributed by atoms with Crippen LogP contribution in [-0.4, -0.2) is 42.5 Å². The molecule has 118 valence electrons. The summed E-state index contributed by atoms with van der Waals surface area (Å²) in [4.78, 5) is 34.8. The molecule has 0 aliphatic carbocycles. The van der Waals surface area contributed by atoms with Crippen LogP contribution in [0.25, 0.3) is 0 Å². The van der Waals surface area contributed by atoms with E-state index in [1.165, 1.54) is 19.1 Å². The summed E-state index contributed by atoms with van der Waals surface area (Å²) in [6.07, 6.45) is -0.204. The number of benzene rings is 1. The van der Waals surface area contributed by atoms with Gasteiger partial charge in [0.05, 0.1) is 17.7 Å². The van der Waals surface area contributed by atoms with Crippen LogP contribution in [0.3, 0.4) is 0 Å². The molecule has 0 heterocycles. The van der Waals surface area contributed by atoms with E-state index in [1.54, 1.807) is 12.1 Å². The zero-order chi connectivity index (χ0) is 16.5. The molecule has 7 nitrogen and oxygen atoms in total. The summed E-state index contributed by atoms with van der Waals surface area (Å²) < 4.78 is 14.4. The fourth-order valence-corrected chi connectivity index (χ4v) is 1.51. The first-order chi connectivity index (χ1) is 10.5. The number of carbonyl (C=O) groups is 3. The molecule has 0 radical (unpaired) electrons. The van der Waals surface area contributed by atoms with Gasteiger partial charge < -0.3 is 19.3 Å². The molecule has 1 N–H and O–H groups in total. The van der Waals surface area contributed by atoms with Gasteiger partial charge in [0.2, 0.25) is 6.29 Å². The first kappa shape index (κ1) is 17.4. The number of carbonyl (C=O) groups excluding carboxylic acids is 3. The summed E-state index contributed by atoms with van der Waals surface area (Å²) in [5.74, 6) is -2.35. The van der Waals surface area contributed by atoms with E-state index >= 15 is 0 Å². The van der Waals surface area contributed by atoms with E-state index in [1.807, 2.05) is 0 Å². The Balaban J connectivity index is 2.83. The number of hydrogen-bond acceptors (Lipinski definition) is 7. The Kier molecular flexibility index (Phi) is 6.78. The highest BCUT2D eigenvalue weighted by molar-refractivity contribution is 6.03. The van der Waals surface area contributed by atoms with Gasteiger partial charge in [0.15, 0.2) is 0 Å². The van der Waals surface area contributed by atoms with Crippen molar-refractivity contribution < 1.29 is 33.7 Å². The van der Waals surface area contributed by atoms with Crippen molar-refractivity contribution in [1.29, 1.82) is 0 Å². The maximum absolute atomic E-state index is 12.0. The molecule has 0 aliphatic rings. The predicted molar refractivity (Wildman–Crippen MR) is 75.0 cm³/mol. The van der Waals surface area contributed by atoms with Gasteiger partial charge in [0, 0.05) is 13.0 Å². The number of aliphatic hydroxyl groups excluding tert-OH is 1. The van der Waals surface area contributed by atoms with Crippen LogP contribution < -0.4 is 0 Å². The van der Waals surface area contributed by atoms with Gasteiger partial charge in [-0.1, -0.05) is 18.7 Å². The summed E-state index contributed by atoms with van der Waals surface area (Å²) in [6, 6.07) is 5.85. The maximum Gasteiger partial charge on any atom is 0.342 e. The number of rotatable bonds is 7. The molecule has 0 aromatic heterocycles. The molecule has 1 unspecified atom stereocenters. The molecule has 0 bridgehead atoms. The van der Waals surface area contributed by atoms with E-state index in [-0.39, 0.29) is 24.3 Å². The van der Waals surface area contributed by atoms with Crippen molar-refractivity contribution >= 4 is 17.9 Å². The van der Waals surface area contributed by atoms with Gasteiger partial charge in [-0.3, -0.25) is 0 Å². The minimum absolute atomic E-state index is 0.0109. The third kappa shape index (κ3) is 5.02. The summed E-state index contributed by atoms with van der Waals surface area (Å²) >= 11 is 0. The number of esters is 3. The average Bonchev–Trinajstić information content (AvgIpc) is 2.52. The highest BCUT2D eigenvalue weighted by Gasteiger charge is 2.21. The number of aliphatic hydroxyl groups is 1. The van der Waals surface area contributed by atoms with Gasteiger partial charge in [-0.2, -0.15) is 0 Å². The summed E-state index contributed by atoms with van der Waals surface area (Å²) in [7, 11) is 0. The molecule has 0 saturated heterocycles. The minimum atomic E-state index is -1.14. The average molecular weight is 308 g/mol. The van der Waals surface area contributed by atoms with Crippen LogP contribution in [0.5, 0.6) is 0 Å². The van der Waals surface area contributed by atoms with Crippen LogP contribution in [-0.2, 0) is 19.0 Å². The Morgan fingerprint density at radius 1 is 1.18 bits per heavy atom. The van der Waals surface area contributed by atoms with E-state index in [0.29, 0.717) is 0 Å². The number of ether oxygens (including phenoxy) is 3. The molecule has 1 aromatic carbocycles. The molecule has 0 aliphatic heterocycles. The molecule has 1 aromatic rings. The summed E-state index contributed by atoms with van der Waals surface area (Å²) in [6.45, 7) is 4.06. The van der Waals surface area contributed by atoms with Gasteiger partial charge in [0.1, 0.15) is 6.61 Å². The lowest BCUT2D eigenvalue weighted by atomic mass is 10.1. The second-order valence-electron chi connectivity index (χ2n) is 4.02. The molecule has 22 heavy (non-hydrogen) atoms. The second kappa shape index (κ2) is 8.58. The van der Waals surface area contributed by atoms with E-state index in [0.717, 1.165) is 6.08 Å². The molecule has 0 amide bonds. The van der Waals surface area contributed by atoms with Crippen molar-refractivity contribution in [2.75, 3.05) is 13.2 Å². The van der Waals surface area contributed by atoms with E-state index in [4.69, 9.17) is 19.3 Å². The van der Waals surface area contributed by atoms with Crippen LogP contribution in [0, 0.1) is 0 Å². The Morgan fingerprint density at radius 3 is 2.32 bits per heavy atom. The lowest BCUT2D eigenvalue weighted by Gasteiger charge is -2.14. The molecule has 0 saturated carbocycles. The van der Waals surface area contributed by atoms with Crippen molar-refractivity contribution in [2.45, 2.75) is 13.2 Å². The fourth-order valence-electron chi connectivity index (χ4n) is 1.51. The topological polar surface area (TPSA) is 99.1 Å². The molecule has 1 rings (SSSR count). The third-order valence-electron chi connectivity index (χ3n) is 2.41. The van der Waals surface area contributed by atoms with Crippen LogP contribution in [0.4, 0.5) is 0 Å². The normalized spacial score (nSPS) is 11.2. The zero-order valence-corrected chi connectivity index (χ0v) is 12.0. The zero-order valence-electron chi connectivity index (χ0n) is 12.0. The Bertz CT molecular complexity index is 565. The monoisotopic (exact) mass is 308 g/mol. The quantitative estimate of drug-likeness (QED) is 0.457. The van der Waals surface area contributed by atoms with Gasteiger partial charge in [-0.15, -0.1) is 0 Å². The highest BCUT2D eigenvalue weighted by Crippen LogP contribution is 2.13. The summed E-state index contributed by atoms with van der Waals surface area (Å²) in [5.41, 5.74) is -0.0462. The van der Waals surface area contributed by atoms with Crippen LogP contribution in [0.15, 0.2) is 36.9 Å². The van der Waals surface area contributed by atoms with Crippen molar-refractivity contribution in [3.8, 4) is 0 Å². The third-order valence-corrected chi connectivity index (χ3v) is 2.41. The van der Waals surface area contributed by atoms with Gasteiger partial charge in [-0.25, -0.2) is 14.4 Å². The van der Waals surface area contributed by atoms with Crippen molar-refractivity contribution in [1.82, 2.24) is 0 Å². The largest absolute Gasteiger partial charge is 0.460 e. The Labute approximate surface area is 127 Å². The Morgan fingerprint density at radius 2 is 1.77 bits per heavy atom. The van der Waals surface area contributed by atoms with Crippen molar-refractivity contribution in [3.05, 3.63) is 48.0 Å². The lowest BCUT2D eigenvalue weighted by Crippen LogP contribution is -2.22. The van der Waals surface area contributed by atoms with E-state index < -0.39 is 24.2 Å². The first-order valence-electron chi connectivity index (χ1n) is 6.40. The van der Waals surface area contributed by atoms with Crippen molar-refractivity contribution in [2.24, 2.45) is 0 Å². The van der Waals surface area contributed by atoms with Crippen molar-refractivity contribution in [3.63, 3.8) is 0 Å². The van der Waals surface area contributed by atoms with Gasteiger partial charge >= 0.3 is 17.9 Å². The van der Waals surface area contributed by atoms with Crippen LogP contribution in [0.1, 0.15) is 27.6 Å². The maximum atomic E-state index is 12.0. The Hall–Kier alpha value is -2.67.